The Balaban J connectivity index is 1.97. The first-order valence-corrected chi connectivity index (χ1v) is 33.0. The van der Waals surface area contributed by atoms with E-state index in [-0.39, 0.29) is 44.5 Å². The molecular formula is C43H86N4O4Si4. The number of imidazole rings is 1. The van der Waals surface area contributed by atoms with Crippen molar-refractivity contribution in [1.29, 1.82) is 0 Å². The Bertz CT molecular complexity index is 1500. The fraction of sp³-hybridized carbons (Fsp3) is 0.837. The number of fused-ring (bicyclic) bond motifs is 1. The van der Waals surface area contributed by atoms with Crippen molar-refractivity contribution < 1.29 is 17.7 Å². The van der Waals surface area contributed by atoms with Gasteiger partial charge in [0.05, 0.1) is 48.3 Å². The van der Waals surface area contributed by atoms with Gasteiger partial charge in [-0.05, 0) is 110 Å². The Kier molecular flexibility index (Phi) is 15.7. The number of hydrogen-bond acceptors (Lipinski definition) is 7. The Labute approximate surface area is 342 Å². The van der Waals surface area contributed by atoms with Crippen LogP contribution in [0.5, 0.6) is 0 Å². The van der Waals surface area contributed by atoms with E-state index in [1.165, 1.54) is 12.8 Å². The van der Waals surface area contributed by atoms with Crippen LogP contribution >= 0.6 is 0 Å². The number of likely N-dealkylation sites (tertiary alicyclic amines) is 1. The quantitative estimate of drug-likeness (QED) is 0.121. The van der Waals surface area contributed by atoms with Crippen LogP contribution in [0.3, 0.4) is 0 Å². The molecule has 3 rings (SSSR count). The molecule has 0 spiro atoms. The largest absolute Gasteiger partial charge is 0.415 e. The van der Waals surface area contributed by atoms with Crippen LogP contribution in [-0.2, 0) is 17.7 Å². The number of anilines is 1. The number of H-pyrrole nitrogens is 1. The highest BCUT2D eigenvalue weighted by atomic mass is 28.4. The molecule has 2 N–H and O–H groups in total. The number of aromatic amines is 1. The molecule has 0 radical (unpaired) electrons. The van der Waals surface area contributed by atoms with Crippen molar-refractivity contribution in [2.45, 2.75) is 206 Å². The first-order chi connectivity index (χ1) is 24.8. The lowest BCUT2D eigenvalue weighted by Gasteiger charge is -2.56. The van der Waals surface area contributed by atoms with E-state index in [4.69, 9.17) is 17.7 Å². The van der Waals surface area contributed by atoms with E-state index < -0.39 is 33.3 Å². The van der Waals surface area contributed by atoms with E-state index in [1.807, 2.05) is 0 Å². The van der Waals surface area contributed by atoms with E-state index in [0.717, 1.165) is 49.2 Å². The summed E-state index contributed by atoms with van der Waals surface area (Å²) in [6.07, 6.45) is 5.98. The summed E-state index contributed by atoms with van der Waals surface area (Å²) in [5, 5.41) is 3.92. The van der Waals surface area contributed by atoms with Gasteiger partial charge in [0.15, 0.2) is 33.3 Å². The van der Waals surface area contributed by atoms with Crippen molar-refractivity contribution in [1.82, 2.24) is 14.9 Å². The third kappa shape index (κ3) is 12.6. The van der Waals surface area contributed by atoms with Crippen LogP contribution in [0.25, 0.3) is 11.0 Å². The zero-order chi connectivity index (χ0) is 42.1. The van der Waals surface area contributed by atoms with Crippen molar-refractivity contribution in [3.05, 3.63) is 24.5 Å². The van der Waals surface area contributed by atoms with Gasteiger partial charge in [-0.15, -0.1) is 0 Å². The molecule has 318 valence electrons. The average molecular weight is 836 g/mol. The maximum atomic E-state index is 7.71. The summed E-state index contributed by atoms with van der Waals surface area (Å²) in [4.78, 5) is 10.3. The number of rotatable bonds is 17. The molecule has 8 nitrogen and oxygen atoms in total. The summed E-state index contributed by atoms with van der Waals surface area (Å²) >= 11 is 0. The number of nitrogens with zero attached hydrogens (tertiary/aromatic N) is 2. The Morgan fingerprint density at radius 1 is 0.673 bits per heavy atom. The van der Waals surface area contributed by atoms with Gasteiger partial charge in [0, 0.05) is 18.8 Å². The number of benzene rings is 1. The zero-order valence-electron chi connectivity index (χ0n) is 39.3. The summed E-state index contributed by atoms with van der Waals surface area (Å²) in [5.74, 6) is 0. The fourth-order valence-electron chi connectivity index (χ4n) is 6.13. The standard InChI is InChI=1S/C43H86N4O4Si4/c1-40(2,3)52(13,14)48-31-36-38(50-54(17,18)42(7,8)9)39(51-55(19,20)43(10,11)12)37(49-53(15,16)41(4,5)6)30-47(36)28-24-22-21-23-27-44-33-25-26-34-35(29-33)46-32-45-34/h25-26,29,32,36-39,44H,21-24,27-28,30-31H2,1-20H3,(H,45,46)/t36-,37?,38?,39?/m1/s1. The van der Waals surface area contributed by atoms with Crippen molar-refractivity contribution >= 4 is 50.0 Å². The topological polar surface area (TPSA) is 80.9 Å². The number of piperidine rings is 1. The van der Waals surface area contributed by atoms with Crippen LogP contribution < -0.4 is 5.32 Å². The number of nitrogens with one attached hydrogen (secondary N) is 2. The van der Waals surface area contributed by atoms with Crippen LogP contribution in [0.4, 0.5) is 5.69 Å². The van der Waals surface area contributed by atoms with Crippen LogP contribution in [-0.4, -0.2) is 98.7 Å². The number of hydrogen-bond donors (Lipinski definition) is 2. The molecule has 3 unspecified atom stereocenters. The van der Waals surface area contributed by atoms with Gasteiger partial charge in [0.2, 0.25) is 0 Å². The highest BCUT2D eigenvalue weighted by Crippen LogP contribution is 2.46. The summed E-state index contributed by atoms with van der Waals surface area (Å²) in [7, 11) is -8.70. The fourth-order valence-corrected chi connectivity index (χ4v) is 11.1. The monoisotopic (exact) mass is 835 g/mol. The molecule has 1 aliphatic rings. The van der Waals surface area contributed by atoms with E-state index in [2.05, 4.69) is 174 Å². The van der Waals surface area contributed by atoms with Gasteiger partial charge in [-0.2, -0.15) is 0 Å². The van der Waals surface area contributed by atoms with E-state index in [9.17, 15) is 0 Å². The molecule has 0 aliphatic carbocycles. The molecule has 1 aromatic heterocycles. The minimum atomic E-state index is -2.25. The number of aromatic nitrogens is 2. The molecule has 1 saturated heterocycles. The van der Waals surface area contributed by atoms with Crippen molar-refractivity contribution in [2.24, 2.45) is 0 Å². The predicted molar refractivity (Wildman–Crippen MR) is 248 cm³/mol. The van der Waals surface area contributed by atoms with Gasteiger partial charge in [-0.25, -0.2) is 4.98 Å². The zero-order valence-corrected chi connectivity index (χ0v) is 43.3. The van der Waals surface area contributed by atoms with Crippen LogP contribution in [0.15, 0.2) is 24.5 Å². The molecule has 1 aromatic carbocycles. The third-order valence-electron chi connectivity index (χ3n) is 14.2. The van der Waals surface area contributed by atoms with Gasteiger partial charge in [0.25, 0.3) is 0 Å². The second-order valence-corrected chi connectivity index (χ2v) is 41.8. The predicted octanol–water partition coefficient (Wildman–Crippen LogP) is 12.4. The molecule has 2 aromatic rings. The molecule has 4 atom stereocenters. The molecule has 12 heteroatoms. The van der Waals surface area contributed by atoms with Gasteiger partial charge >= 0.3 is 0 Å². The highest BCUT2D eigenvalue weighted by Gasteiger charge is 2.55. The van der Waals surface area contributed by atoms with E-state index >= 15 is 0 Å². The first-order valence-electron chi connectivity index (χ1n) is 21.4. The Morgan fingerprint density at radius 2 is 1.18 bits per heavy atom. The van der Waals surface area contributed by atoms with Crippen molar-refractivity contribution in [3.8, 4) is 0 Å². The second kappa shape index (κ2) is 17.8. The van der Waals surface area contributed by atoms with Crippen LogP contribution in [0.2, 0.25) is 72.5 Å². The molecule has 55 heavy (non-hydrogen) atoms. The smallest absolute Gasteiger partial charge is 0.192 e. The van der Waals surface area contributed by atoms with Crippen molar-refractivity contribution in [3.63, 3.8) is 0 Å². The highest BCUT2D eigenvalue weighted by molar-refractivity contribution is 6.75. The minimum Gasteiger partial charge on any atom is -0.415 e. The molecule has 1 aliphatic heterocycles. The van der Waals surface area contributed by atoms with Crippen LogP contribution in [0, 0.1) is 0 Å². The maximum absolute atomic E-state index is 7.71. The number of unbranched alkanes of at least 4 members (excludes halogenated alkanes) is 3. The minimum absolute atomic E-state index is 0.0509. The summed E-state index contributed by atoms with van der Waals surface area (Å²) in [6.45, 7) is 50.9. The van der Waals surface area contributed by atoms with E-state index in [0.29, 0.717) is 6.61 Å². The van der Waals surface area contributed by atoms with Gasteiger partial charge < -0.3 is 28.0 Å². The van der Waals surface area contributed by atoms with E-state index in [1.54, 1.807) is 6.33 Å². The SMILES string of the molecule is CC(C)(C)[Si](C)(C)OC[C@@H]1C(O[Si](C)(C)C(C)(C)C)C(O[Si](C)(C)C(C)(C)C)C(O[Si](C)(C)C(C)(C)C)CN1CCCCCCNc1ccc2[nH]cnc2c1. The average Bonchev–Trinajstić information content (AvgIpc) is 3.47. The van der Waals surface area contributed by atoms with Gasteiger partial charge in [-0.1, -0.05) is 95.9 Å². The van der Waals surface area contributed by atoms with Crippen LogP contribution in [0.1, 0.15) is 109 Å². The first kappa shape index (κ1) is 48.5. The summed E-state index contributed by atoms with van der Waals surface area (Å²) in [5.41, 5.74) is 3.21. The lowest BCUT2D eigenvalue weighted by molar-refractivity contribution is -0.128. The van der Waals surface area contributed by atoms with Gasteiger partial charge in [0.1, 0.15) is 0 Å². The van der Waals surface area contributed by atoms with Crippen molar-refractivity contribution in [2.75, 3.05) is 31.6 Å². The normalized spacial score (nSPS) is 21.7. The van der Waals surface area contributed by atoms with Gasteiger partial charge in [-0.3, -0.25) is 4.90 Å². The Hall–Kier alpha value is -0.842. The summed E-state index contributed by atoms with van der Waals surface area (Å²) < 4.78 is 30.1. The Morgan fingerprint density at radius 3 is 1.73 bits per heavy atom. The molecular weight excluding hydrogens is 749 g/mol. The molecule has 0 bridgehead atoms. The maximum Gasteiger partial charge on any atom is 0.192 e. The molecule has 1 fully saturated rings. The molecule has 0 saturated carbocycles. The second-order valence-electron chi connectivity index (χ2n) is 22.7. The lowest BCUT2D eigenvalue weighted by Crippen LogP contribution is -2.70. The summed E-state index contributed by atoms with van der Waals surface area (Å²) in [6, 6.07) is 6.44. The third-order valence-corrected chi connectivity index (χ3v) is 32.2. The lowest BCUT2D eigenvalue weighted by atomic mass is 9.94. The molecule has 2 heterocycles. The molecule has 0 amide bonds.